The lowest BCUT2D eigenvalue weighted by molar-refractivity contribution is 0.399. The molecule has 0 amide bonds. The molecular formula is C16H14N4O2. The molecule has 0 aliphatic carbocycles. The molecule has 0 aromatic carbocycles. The summed E-state index contributed by atoms with van der Waals surface area (Å²) >= 11 is 0. The van der Waals surface area contributed by atoms with Crippen LogP contribution < -0.4 is 9.47 Å². The fourth-order valence-corrected chi connectivity index (χ4v) is 2.15. The first-order valence-corrected chi connectivity index (χ1v) is 6.64. The van der Waals surface area contributed by atoms with Crippen molar-refractivity contribution in [1.29, 1.82) is 0 Å². The van der Waals surface area contributed by atoms with Crippen LogP contribution in [0.2, 0.25) is 0 Å². The molecule has 0 atom stereocenters. The minimum atomic E-state index is 0.519. The lowest BCUT2D eigenvalue weighted by Gasteiger charge is -2.09. The van der Waals surface area contributed by atoms with Crippen LogP contribution in [0.4, 0.5) is 0 Å². The fraction of sp³-hybridized carbons (Fsp3) is 0.125. The minimum absolute atomic E-state index is 0.519. The molecule has 0 aliphatic rings. The second kappa shape index (κ2) is 6.17. The third-order valence-electron chi connectivity index (χ3n) is 3.15. The van der Waals surface area contributed by atoms with Crippen LogP contribution in [0, 0.1) is 0 Å². The maximum absolute atomic E-state index is 5.28. The summed E-state index contributed by atoms with van der Waals surface area (Å²) in [5.74, 6) is 1.04. The van der Waals surface area contributed by atoms with Crippen molar-refractivity contribution in [1.82, 2.24) is 19.9 Å². The highest BCUT2D eigenvalue weighted by atomic mass is 16.5. The maximum Gasteiger partial charge on any atom is 0.222 e. The van der Waals surface area contributed by atoms with Gasteiger partial charge in [-0.2, -0.15) is 0 Å². The molecule has 3 aromatic rings. The summed E-state index contributed by atoms with van der Waals surface area (Å²) in [4.78, 5) is 17.0. The summed E-state index contributed by atoms with van der Waals surface area (Å²) in [5.41, 5.74) is 3.05. The zero-order valence-corrected chi connectivity index (χ0v) is 12.2. The van der Waals surface area contributed by atoms with Gasteiger partial charge in [0.25, 0.3) is 0 Å². The van der Waals surface area contributed by atoms with E-state index < -0.39 is 0 Å². The van der Waals surface area contributed by atoms with Gasteiger partial charge in [0.1, 0.15) is 6.33 Å². The Balaban J connectivity index is 2.10. The zero-order chi connectivity index (χ0) is 15.4. The Bertz CT molecular complexity index is 730. The van der Waals surface area contributed by atoms with Crippen LogP contribution >= 0.6 is 0 Å². The van der Waals surface area contributed by atoms with E-state index in [-0.39, 0.29) is 0 Å². The number of nitrogens with zero attached hydrogens (tertiary/aromatic N) is 4. The molecule has 0 spiro atoms. The summed E-state index contributed by atoms with van der Waals surface area (Å²) in [6.07, 6.45) is 4.85. The van der Waals surface area contributed by atoms with Crippen molar-refractivity contribution in [3.8, 4) is 34.3 Å². The average Bonchev–Trinajstić information content (AvgIpc) is 2.61. The van der Waals surface area contributed by atoms with Gasteiger partial charge in [-0.05, 0) is 30.3 Å². The van der Waals surface area contributed by atoms with Gasteiger partial charge in [-0.15, -0.1) is 0 Å². The third-order valence-corrected chi connectivity index (χ3v) is 3.15. The monoisotopic (exact) mass is 294 g/mol. The van der Waals surface area contributed by atoms with Crippen molar-refractivity contribution in [2.75, 3.05) is 14.2 Å². The van der Waals surface area contributed by atoms with Crippen molar-refractivity contribution in [3.63, 3.8) is 0 Å². The molecule has 0 N–H and O–H groups in total. The van der Waals surface area contributed by atoms with E-state index in [1.54, 1.807) is 26.6 Å². The van der Waals surface area contributed by atoms with Crippen LogP contribution in [-0.4, -0.2) is 34.2 Å². The van der Waals surface area contributed by atoms with Crippen molar-refractivity contribution in [2.45, 2.75) is 0 Å². The Morgan fingerprint density at radius 1 is 0.727 bits per heavy atom. The van der Waals surface area contributed by atoms with E-state index in [0.29, 0.717) is 11.8 Å². The molecule has 0 radical (unpaired) electrons. The second-order valence-electron chi connectivity index (χ2n) is 4.41. The van der Waals surface area contributed by atoms with Gasteiger partial charge in [0.15, 0.2) is 0 Å². The fourth-order valence-electron chi connectivity index (χ4n) is 2.15. The van der Waals surface area contributed by atoms with Crippen molar-refractivity contribution in [2.24, 2.45) is 0 Å². The molecule has 3 aromatic heterocycles. The highest BCUT2D eigenvalue weighted by Gasteiger charge is 2.12. The number of ether oxygens (including phenoxy) is 2. The smallest absolute Gasteiger partial charge is 0.222 e. The van der Waals surface area contributed by atoms with Gasteiger partial charge in [0.2, 0.25) is 11.8 Å². The molecule has 0 saturated heterocycles. The predicted octanol–water partition coefficient (Wildman–Crippen LogP) is 2.62. The Kier molecular flexibility index (Phi) is 3.91. The Morgan fingerprint density at radius 3 is 1.68 bits per heavy atom. The predicted molar refractivity (Wildman–Crippen MR) is 81.6 cm³/mol. The van der Waals surface area contributed by atoms with E-state index in [4.69, 9.17) is 9.47 Å². The summed E-state index contributed by atoms with van der Waals surface area (Å²) < 4.78 is 10.6. The highest BCUT2D eigenvalue weighted by Crippen LogP contribution is 2.30. The van der Waals surface area contributed by atoms with Crippen LogP contribution in [-0.2, 0) is 0 Å². The first kappa shape index (κ1) is 13.9. The Labute approximate surface area is 127 Å². The average molecular weight is 294 g/mol. The van der Waals surface area contributed by atoms with E-state index >= 15 is 0 Å². The molecule has 6 nitrogen and oxygen atoms in total. The topological polar surface area (TPSA) is 70.0 Å². The molecule has 0 fully saturated rings. The number of aromatic nitrogens is 4. The third kappa shape index (κ3) is 2.58. The van der Waals surface area contributed by atoms with Gasteiger partial charge in [0.05, 0.1) is 36.7 Å². The zero-order valence-electron chi connectivity index (χ0n) is 12.2. The Morgan fingerprint density at radius 2 is 1.23 bits per heavy atom. The molecule has 3 rings (SSSR count). The number of rotatable bonds is 4. The molecule has 6 heteroatoms. The summed E-state index contributed by atoms with van der Waals surface area (Å²) in [6, 6.07) is 9.34. The molecule has 0 bridgehead atoms. The first-order valence-electron chi connectivity index (χ1n) is 6.64. The summed E-state index contributed by atoms with van der Waals surface area (Å²) in [7, 11) is 3.16. The first-order chi connectivity index (χ1) is 10.8. The highest BCUT2D eigenvalue weighted by molar-refractivity contribution is 5.72. The molecule has 0 aliphatic heterocycles. The van der Waals surface area contributed by atoms with Crippen LogP contribution in [0.15, 0.2) is 49.1 Å². The lowest BCUT2D eigenvalue weighted by Crippen LogP contribution is -1.96. The largest absolute Gasteiger partial charge is 0.481 e. The maximum atomic E-state index is 5.28. The second-order valence-corrected chi connectivity index (χ2v) is 4.41. The number of pyridine rings is 2. The van der Waals surface area contributed by atoms with Gasteiger partial charge >= 0.3 is 0 Å². The van der Waals surface area contributed by atoms with Crippen LogP contribution in [0.1, 0.15) is 0 Å². The normalized spacial score (nSPS) is 10.3. The van der Waals surface area contributed by atoms with Crippen LogP contribution in [0.5, 0.6) is 11.8 Å². The lowest BCUT2D eigenvalue weighted by atomic mass is 10.1. The van der Waals surface area contributed by atoms with Gasteiger partial charge < -0.3 is 9.47 Å². The van der Waals surface area contributed by atoms with Gasteiger partial charge in [-0.1, -0.05) is 0 Å². The van der Waals surface area contributed by atoms with Crippen molar-refractivity contribution in [3.05, 3.63) is 49.1 Å². The van der Waals surface area contributed by atoms with E-state index in [1.165, 1.54) is 6.33 Å². The summed E-state index contributed by atoms with van der Waals surface area (Å²) in [5, 5.41) is 0. The molecular weight excluding hydrogens is 280 g/mol. The van der Waals surface area contributed by atoms with Gasteiger partial charge in [-0.3, -0.25) is 0 Å². The quantitative estimate of drug-likeness (QED) is 0.736. The number of hydrogen-bond donors (Lipinski definition) is 0. The van der Waals surface area contributed by atoms with Gasteiger partial charge in [-0.25, -0.2) is 19.9 Å². The van der Waals surface area contributed by atoms with E-state index in [1.807, 2.05) is 30.3 Å². The molecule has 0 unspecified atom stereocenters. The molecule has 22 heavy (non-hydrogen) atoms. The Hall–Kier alpha value is -3.02. The molecule has 0 saturated carbocycles. The molecule has 3 heterocycles. The van der Waals surface area contributed by atoms with Gasteiger partial charge in [0, 0.05) is 12.4 Å². The number of hydrogen-bond acceptors (Lipinski definition) is 6. The van der Waals surface area contributed by atoms with Crippen molar-refractivity contribution < 1.29 is 9.47 Å². The summed E-state index contributed by atoms with van der Waals surface area (Å²) in [6.45, 7) is 0. The number of methoxy groups -OCH3 is 2. The van der Waals surface area contributed by atoms with Crippen molar-refractivity contribution >= 4 is 0 Å². The van der Waals surface area contributed by atoms with Crippen LogP contribution in [0.25, 0.3) is 22.5 Å². The van der Waals surface area contributed by atoms with E-state index in [9.17, 15) is 0 Å². The van der Waals surface area contributed by atoms with Crippen LogP contribution in [0.3, 0.4) is 0 Å². The minimum Gasteiger partial charge on any atom is -0.481 e. The standard InChI is InChI=1S/C16H14N4O2/c1-21-15-11(5-3-7-17-15)13-9-14(20-10-19-13)12-6-4-8-18-16(12)22-2/h3-10H,1-2H3. The van der Waals surface area contributed by atoms with E-state index in [2.05, 4.69) is 19.9 Å². The molecule has 110 valence electrons. The van der Waals surface area contributed by atoms with E-state index in [0.717, 1.165) is 22.5 Å². The SMILES string of the molecule is COc1ncccc1-c1cc(-c2cccnc2OC)ncn1.